The molecule has 0 saturated heterocycles. The predicted octanol–water partition coefficient (Wildman–Crippen LogP) is 2.44. The lowest BCUT2D eigenvalue weighted by Crippen LogP contribution is -2.24. The topological polar surface area (TPSA) is 103 Å². The molecule has 0 unspecified atom stereocenters. The molecule has 0 saturated carbocycles. The van der Waals surface area contributed by atoms with E-state index in [9.17, 15) is 4.79 Å². The highest BCUT2D eigenvalue weighted by molar-refractivity contribution is 6.05. The van der Waals surface area contributed by atoms with Crippen molar-refractivity contribution in [2.45, 2.75) is 25.9 Å². The fraction of sp³-hybridized carbons (Fsp3) is 0.364. The van der Waals surface area contributed by atoms with Gasteiger partial charge in [0.15, 0.2) is 0 Å². The fourth-order valence-corrected chi connectivity index (χ4v) is 3.42. The minimum Gasteiger partial charge on any atom is -0.476 e. The second-order valence-corrected chi connectivity index (χ2v) is 8.06. The standard InChI is InChI=1S/C22H26N6O3/c1-22(2)11-14-10-16(21(27-20(14)31-22)30-9-8-23-3)19(29)26-18-7-5-6-17(25-18)15-12-24-28(4)13-15/h5-7,10,12-13,23H,8-9,11H2,1-4H3,(H,25,26,29). The van der Waals surface area contributed by atoms with Gasteiger partial charge in [0.1, 0.15) is 23.6 Å². The maximum atomic E-state index is 13.1. The Bertz CT molecular complexity index is 1110. The Balaban J connectivity index is 1.60. The van der Waals surface area contributed by atoms with Gasteiger partial charge >= 0.3 is 0 Å². The molecule has 3 aromatic heterocycles. The van der Waals surface area contributed by atoms with Crippen molar-refractivity contribution in [1.29, 1.82) is 0 Å². The van der Waals surface area contributed by atoms with Crippen LogP contribution in [0, 0.1) is 0 Å². The van der Waals surface area contributed by atoms with Crippen LogP contribution >= 0.6 is 0 Å². The van der Waals surface area contributed by atoms with E-state index in [0.29, 0.717) is 36.8 Å². The summed E-state index contributed by atoms with van der Waals surface area (Å²) >= 11 is 0. The van der Waals surface area contributed by atoms with Crippen LogP contribution in [0.25, 0.3) is 11.3 Å². The number of rotatable bonds is 7. The molecule has 0 aliphatic carbocycles. The SMILES string of the molecule is CNCCOc1nc2c(cc1C(=O)Nc1cccc(-c3cnn(C)c3)n1)CC(C)(C)O2. The van der Waals surface area contributed by atoms with E-state index in [1.165, 1.54) is 0 Å². The molecule has 1 aliphatic heterocycles. The van der Waals surface area contributed by atoms with Crippen molar-refractivity contribution in [3.8, 4) is 23.0 Å². The van der Waals surface area contributed by atoms with E-state index < -0.39 is 0 Å². The molecule has 1 amide bonds. The number of nitrogens with zero attached hydrogens (tertiary/aromatic N) is 4. The zero-order chi connectivity index (χ0) is 22.0. The van der Waals surface area contributed by atoms with Gasteiger partial charge in [0, 0.05) is 37.3 Å². The van der Waals surface area contributed by atoms with Crippen molar-refractivity contribution >= 4 is 11.7 Å². The summed E-state index contributed by atoms with van der Waals surface area (Å²) in [5.41, 5.74) is 2.46. The van der Waals surface area contributed by atoms with Crippen LogP contribution in [0.1, 0.15) is 29.8 Å². The first-order valence-corrected chi connectivity index (χ1v) is 10.1. The largest absolute Gasteiger partial charge is 0.476 e. The average molecular weight is 422 g/mol. The van der Waals surface area contributed by atoms with Crippen molar-refractivity contribution in [3.63, 3.8) is 0 Å². The van der Waals surface area contributed by atoms with E-state index in [4.69, 9.17) is 9.47 Å². The highest BCUT2D eigenvalue weighted by atomic mass is 16.5. The van der Waals surface area contributed by atoms with Gasteiger partial charge in [-0.2, -0.15) is 10.1 Å². The van der Waals surface area contributed by atoms with Gasteiger partial charge in [-0.25, -0.2) is 4.98 Å². The molecule has 4 heterocycles. The van der Waals surface area contributed by atoms with Crippen molar-refractivity contribution in [3.05, 3.63) is 47.8 Å². The summed E-state index contributed by atoms with van der Waals surface area (Å²) in [5, 5.41) is 10.0. The fourth-order valence-electron chi connectivity index (χ4n) is 3.42. The zero-order valence-electron chi connectivity index (χ0n) is 18.1. The molecule has 2 N–H and O–H groups in total. The summed E-state index contributed by atoms with van der Waals surface area (Å²) in [6.45, 7) is 4.98. The molecule has 31 heavy (non-hydrogen) atoms. The lowest BCUT2D eigenvalue weighted by atomic mass is 10.0. The van der Waals surface area contributed by atoms with E-state index >= 15 is 0 Å². The Morgan fingerprint density at radius 1 is 1.32 bits per heavy atom. The van der Waals surface area contributed by atoms with Crippen LogP contribution in [0.3, 0.4) is 0 Å². The minimum atomic E-state index is -0.369. The first kappa shape index (κ1) is 20.8. The van der Waals surface area contributed by atoms with E-state index in [2.05, 4.69) is 25.7 Å². The zero-order valence-corrected chi connectivity index (χ0v) is 18.1. The number of aromatic nitrogens is 4. The number of amides is 1. The molecule has 4 rings (SSSR count). The number of pyridine rings is 2. The van der Waals surface area contributed by atoms with Crippen LogP contribution in [0.5, 0.6) is 11.8 Å². The summed E-state index contributed by atoms with van der Waals surface area (Å²) in [7, 11) is 3.68. The monoisotopic (exact) mass is 422 g/mol. The van der Waals surface area contributed by atoms with Crippen molar-refractivity contribution in [2.24, 2.45) is 7.05 Å². The molecular weight excluding hydrogens is 396 g/mol. The summed E-state index contributed by atoms with van der Waals surface area (Å²) < 4.78 is 13.4. The van der Waals surface area contributed by atoms with Crippen LogP contribution in [-0.4, -0.2) is 51.5 Å². The van der Waals surface area contributed by atoms with Gasteiger partial charge in [0.05, 0.1) is 11.9 Å². The smallest absolute Gasteiger partial charge is 0.262 e. The van der Waals surface area contributed by atoms with Gasteiger partial charge in [0.2, 0.25) is 11.8 Å². The Hall–Kier alpha value is -3.46. The second kappa shape index (κ2) is 8.35. The number of fused-ring (bicyclic) bond motifs is 1. The quantitative estimate of drug-likeness (QED) is 0.564. The Labute approximate surface area is 180 Å². The molecular formula is C22H26N6O3. The van der Waals surface area contributed by atoms with Gasteiger partial charge in [-0.1, -0.05) is 6.07 Å². The van der Waals surface area contributed by atoms with E-state index in [1.807, 2.05) is 46.3 Å². The first-order valence-electron chi connectivity index (χ1n) is 10.1. The molecule has 162 valence electrons. The van der Waals surface area contributed by atoms with Crippen LogP contribution in [0.15, 0.2) is 36.7 Å². The van der Waals surface area contributed by atoms with Gasteiger partial charge in [-0.15, -0.1) is 0 Å². The Morgan fingerprint density at radius 2 is 2.16 bits per heavy atom. The highest BCUT2D eigenvalue weighted by Crippen LogP contribution is 2.36. The van der Waals surface area contributed by atoms with Crippen molar-refractivity contribution in [2.75, 3.05) is 25.5 Å². The highest BCUT2D eigenvalue weighted by Gasteiger charge is 2.33. The van der Waals surface area contributed by atoms with Gasteiger partial charge in [-0.3, -0.25) is 9.48 Å². The van der Waals surface area contributed by atoms with Crippen LogP contribution in [-0.2, 0) is 13.5 Å². The molecule has 1 aliphatic rings. The van der Waals surface area contributed by atoms with Crippen LogP contribution in [0.4, 0.5) is 5.82 Å². The molecule has 0 fully saturated rings. The number of nitrogens with one attached hydrogen (secondary N) is 2. The first-order chi connectivity index (χ1) is 14.8. The molecule has 0 bridgehead atoms. The number of anilines is 1. The number of carbonyl (C=O) groups excluding carboxylic acids is 1. The third-order valence-corrected chi connectivity index (χ3v) is 4.84. The second-order valence-electron chi connectivity index (χ2n) is 8.06. The number of ether oxygens (including phenoxy) is 2. The van der Waals surface area contributed by atoms with Crippen LogP contribution < -0.4 is 20.1 Å². The van der Waals surface area contributed by atoms with E-state index in [0.717, 1.165) is 16.8 Å². The number of aryl methyl sites for hydroxylation is 1. The number of likely N-dealkylation sites (N-methyl/N-ethyl adjacent to an activating group) is 1. The summed E-state index contributed by atoms with van der Waals surface area (Å²) in [5.74, 6) is 0.852. The maximum absolute atomic E-state index is 13.1. The van der Waals surface area contributed by atoms with Gasteiger partial charge < -0.3 is 20.1 Å². The Kier molecular flexibility index (Phi) is 5.60. The molecule has 0 spiro atoms. The lowest BCUT2D eigenvalue weighted by molar-refractivity contribution is 0.102. The van der Waals surface area contributed by atoms with Gasteiger partial charge in [0.25, 0.3) is 5.91 Å². The third-order valence-electron chi connectivity index (χ3n) is 4.84. The average Bonchev–Trinajstić information content (AvgIpc) is 3.28. The molecule has 9 nitrogen and oxygen atoms in total. The number of hydrogen-bond acceptors (Lipinski definition) is 7. The summed E-state index contributed by atoms with van der Waals surface area (Å²) in [6, 6.07) is 7.25. The Morgan fingerprint density at radius 3 is 2.90 bits per heavy atom. The molecule has 0 aromatic carbocycles. The summed E-state index contributed by atoms with van der Waals surface area (Å²) in [4.78, 5) is 22.2. The van der Waals surface area contributed by atoms with E-state index in [-0.39, 0.29) is 17.4 Å². The van der Waals surface area contributed by atoms with Crippen LogP contribution in [0.2, 0.25) is 0 Å². The van der Waals surface area contributed by atoms with E-state index in [1.54, 1.807) is 23.0 Å². The minimum absolute atomic E-state index is 0.243. The molecule has 0 atom stereocenters. The lowest BCUT2D eigenvalue weighted by Gasteiger charge is -2.16. The predicted molar refractivity (Wildman–Crippen MR) is 116 cm³/mol. The summed E-state index contributed by atoms with van der Waals surface area (Å²) in [6.07, 6.45) is 4.27. The number of carbonyl (C=O) groups is 1. The maximum Gasteiger partial charge on any atom is 0.262 e. The van der Waals surface area contributed by atoms with Crippen molar-refractivity contribution in [1.82, 2.24) is 25.1 Å². The normalized spacial score (nSPS) is 14.1. The molecule has 3 aromatic rings. The van der Waals surface area contributed by atoms with Crippen molar-refractivity contribution < 1.29 is 14.3 Å². The molecule has 0 radical (unpaired) electrons. The molecule has 9 heteroatoms. The van der Waals surface area contributed by atoms with Gasteiger partial charge in [-0.05, 0) is 39.1 Å². The number of hydrogen-bond donors (Lipinski definition) is 2. The third kappa shape index (κ3) is 4.66.